The lowest BCUT2D eigenvalue weighted by atomic mass is 10.1. The lowest BCUT2D eigenvalue weighted by Gasteiger charge is -2.29. The summed E-state index contributed by atoms with van der Waals surface area (Å²) in [6.07, 6.45) is -0.158. The normalized spacial score (nSPS) is 15.7. The fourth-order valence-corrected chi connectivity index (χ4v) is 3.33. The van der Waals surface area contributed by atoms with Gasteiger partial charge in [0.05, 0.1) is 24.9 Å². The van der Waals surface area contributed by atoms with Crippen molar-refractivity contribution in [1.82, 2.24) is 9.88 Å². The summed E-state index contributed by atoms with van der Waals surface area (Å²) >= 11 is 0. The van der Waals surface area contributed by atoms with Gasteiger partial charge >= 0.3 is 5.97 Å². The summed E-state index contributed by atoms with van der Waals surface area (Å²) in [5, 5.41) is 0. The number of likely N-dealkylation sites (N-methyl/N-ethyl adjacent to an activating group) is 1. The van der Waals surface area contributed by atoms with E-state index in [2.05, 4.69) is 4.98 Å². The molecule has 0 aliphatic carbocycles. The van der Waals surface area contributed by atoms with E-state index in [-0.39, 0.29) is 18.4 Å². The fraction of sp³-hybridized carbons (Fsp3) is 0.400. The molecule has 7 nitrogen and oxygen atoms in total. The third kappa shape index (κ3) is 3.98. The van der Waals surface area contributed by atoms with Crippen molar-refractivity contribution in [1.29, 1.82) is 0 Å². The van der Waals surface area contributed by atoms with Crippen LogP contribution in [0.4, 0.5) is 0 Å². The maximum Gasteiger partial charge on any atom is 0.339 e. The van der Waals surface area contributed by atoms with Crippen molar-refractivity contribution in [2.24, 2.45) is 0 Å². The van der Waals surface area contributed by atoms with E-state index in [4.69, 9.17) is 14.2 Å². The summed E-state index contributed by atoms with van der Waals surface area (Å²) in [6, 6.07) is 7.53. The predicted molar refractivity (Wildman–Crippen MR) is 99.8 cm³/mol. The van der Waals surface area contributed by atoms with Gasteiger partial charge in [-0.1, -0.05) is 12.1 Å². The number of esters is 1. The second-order valence-electron chi connectivity index (χ2n) is 6.73. The minimum atomic E-state index is -0.444. The number of aromatic amines is 1. The molecular formula is C20H24N2O5. The molecule has 0 bridgehead atoms. The van der Waals surface area contributed by atoms with Crippen molar-refractivity contribution < 1.29 is 23.8 Å². The quantitative estimate of drug-likeness (QED) is 0.619. The molecule has 0 fully saturated rings. The molecule has 7 heteroatoms. The Morgan fingerprint density at radius 1 is 1.26 bits per heavy atom. The Balaban J connectivity index is 1.63. The average molecular weight is 372 g/mol. The minimum Gasteiger partial charge on any atom is -0.486 e. The van der Waals surface area contributed by atoms with Crippen molar-refractivity contribution in [2.45, 2.75) is 20.0 Å². The second-order valence-corrected chi connectivity index (χ2v) is 6.73. The molecule has 0 radical (unpaired) electrons. The van der Waals surface area contributed by atoms with Crippen LogP contribution in [0.25, 0.3) is 0 Å². The maximum atomic E-state index is 12.7. The van der Waals surface area contributed by atoms with Crippen molar-refractivity contribution >= 4 is 11.8 Å². The zero-order valence-electron chi connectivity index (χ0n) is 16.0. The van der Waals surface area contributed by atoms with E-state index in [9.17, 15) is 9.59 Å². The lowest BCUT2D eigenvalue weighted by molar-refractivity contribution is 0.0599. The number of carbonyl (C=O) groups excluding carboxylic acids is 2. The molecule has 1 atom stereocenters. The molecule has 2 heterocycles. The number of hydrogen-bond donors (Lipinski definition) is 1. The number of nitrogens with zero attached hydrogens (tertiary/aromatic N) is 1. The zero-order valence-corrected chi connectivity index (χ0v) is 16.0. The molecule has 0 spiro atoms. The molecule has 144 valence electrons. The number of methoxy groups -OCH3 is 1. The van der Waals surface area contributed by atoms with E-state index in [0.29, 0.717) is 41.4 Å². The molecule has 1 N–H and O–H groups in total. The Labute approximate surface area is 158 Å². The number of para-hydroxylation sites is 2. The molecule has 3 rings (SSSR count). The summed E-state index contributed by atoms with van der Waals surface area (Å²) in [4.78, 5) is 29.5. The van der Waals surface area contributed by atoms with E-state index in [1.165, 1.54) is 7.11 Å². The highest BCUT2D eigenvalue weighted by molar-refractivity contribution is 6.02. The van der Waals surface area contributed by atoms with Crippen LogP contribution in [0.1, 0.15) is 32.1 Å². The van der Waals surface area contributed by atoms with Gasteiger partial charge in [0, 0.05) is 12.2 Å². The number of Topliss-reactive ketones (excluding diaryl/α,β-unsaturated/α-hetero) is 1. The van der Waals surface area contributed by atoms with Gasteiger partial charge in [0.25, 0.3) is 0 Å². The van der Waals surface area contributed by atoms with Crippen LogP contribution in [0.3, 0.4) is 0 Å². The number of nitrogens with one attached hydrogen (secondary N) is 1. The average Bonchev–Trinajstić information content (AvgIpc) is 2.95. The number of ketones is 1. The van der Waals surface area contributed by atoms with Crippen LogP contribution >= 0.6 is 0 Å². The summed E-state index contributed by atoms with van der Waals surface area (Å²) in [5.41, 5.74) is 2.10. The van der Waals surface area contributed by atoms with Crippen LogP contribution < -0.4 is 9.47 Å². The summed E-state index contributed by atoms with van der Waals surface area (Å²) in [6.45, 7) is 4.68. The number of hydrogen-bond acceptors (Lipinski definition) is 6. The van der Waals surface area contributed by atoms with Gasteiger partial charge in [-0.05, 0) is 38.6 Å². The van der Waals surface area contributed by atoms with Crippen molar-refractivity contribution in [3.8, 4) is 11.5 Å². The van der Waals surface area contributed by atoms with Crippen LogP contribution in [0.2, 0.25) is 0 Å². The second kappa shape index (κ2) is 7.84. The van der Waals surface area contributed by atoms with Gasteiger partial charge in [0.2, 0.25) is 0 Å². The fourth-order valence-electron chi connectivity index (χ4n) is 3.33. The zero-order chi connectivity index (χ0) is 19.6. The van der Waals surface area contributed by atoms with Crippen LogP contribution in [0.15, 0.2) is 24.3 Å². The number of aromatic nitrogens is 1. The molecule has 1 aliphatic heterocycles. The number of benzene rings is 1. The Bertz CT molecular complexity index is 858. The first-order chi connectivity index (χ1) is 12.9. The Morgan fingerprint density at radius 2 is 1.96 bits per heavy atom. The molecule has 1 aromatic carbocycles. The molecule has 1 aliphatic rings. The van der Waals surface area contributed by atoms with Crippen LogP contribution in [0, 0.1) is 13.8 Å². The van der Waals surface area contributed by atoms with Gasteiger partial charge < -0.3 is 19.2 Å². The van der Waals surface area contributed by atoms with E-state index in [1.54, 1.807) is 13.8 Å². The standard InChI is InChI=1S/C20H24N2O5/c1-12-18(20(24)25-4)13(2)21-19(12)15(23)10-22(3)9-14-11-26-16-7-5-6-8-17(16)27-14/h5-8,14,21H,9-11H2,1-4H3/t14-/m0/s1. The minimum absolute atomic E-state index is 0.0922. The van der Waals surface area contributed by atoms with Crippen molar-refractivity contribution in [3.63, 3.8) is 0 Å². The molecule has 2 aromatic rings. The molecular weight excluding hydrogens is 348 g/mol. The molecule has 0 amide bonds. The number of rotatable bonds is 6. The predicted octanol–water partition coefficient (Wildman–Crippen LogP) is 2.37. The lowest BCUT2D eigenvalue weighted by Crippen LogP contribution is -2.41. The first-order valence-electron chi connectivity index (χ1n) is 8.78. The summed E-state index contributed by atoms with van der Waals surface area (Å²) < 4.78 is 16.4. The number of carbonyl (C=O) groups is 2. The van der Waals surface area contributed by atoms with Gasteiger partial charge in [-0.2, -0.15) is 0 Å². The van der Waals surface area contributed by atoms with Crippen LogP contribution in [0.5, 0.6) is 11.5 Å². The summed E-state index contributed by atoms with van der Waals surface area (Å²) in [5.74, 6) is 0.915. The van der Waals surface area contributed by atoms with Gasteiger partial charge in [-0.15, -0.1) is 0 Å². The van der Waals surface area contributed by atoms with Gasteiger partial charge in [0.1, 0.15) is 12.7 Å². The maximum absolute atomic E-state index is 12.7. The van der Waals surface area contributed by atoms with E-state index < -0.39 is 5.97 Å². The highest BCUT2D eigenvalue weighted by Gasteiger charge is 2.25. The Morgan fingerprint density at radius 3 is 2.67 bits per heavy atom. The first kappa shape index (κ1) is 19.0. The number of aryl methyl sites for hydroxylation is 1. The topological polar surface area (TPSA) is 80.9 Å². The van der Waals surface area contributed by atoms with Gasteiger partial charge in [0.15, 0.2) is 17.3 Å². The summed E-state index contributed by atoms with van der Waals surface area (Å²) in [7, 11) is 3.18. The van der Waals surface area contributed by atoms with E-state index >= 15 is 0 Å². The smallest absolute Gasteiger partial charge is 0.339 e. The number of H-pyrrole nitrogens is 1. The van der Waals surface area contributed by atoms with E-state index in [1.807, 2.05) is 36.2 Å². The van der Waals surface area contributed by atoms with Crippen molar-refractivity contribution in [2.75, 3.05) is 33.9 Å². The SMILES string of the molecule is COC(=O)c1c(C)[nH]c(C(=O)CN(C)C[C@H]2COc3ccccc3O2)c1C. The molecule has 1 aromatic heterocycles. The monoisotopic (exact) mass is 372 g/mol. The third-order valence-corrected chi connectivity index (χ3v) is 4.60. The highest BCUT2D eigenvalue weighted by Crippen LogP contribution is 2.31. The van der Waals surface area contributed by atoms with Gasteiger partial charge in [-0.3, -0.25) is 9.69 Å². The number of fused-ring (bicyclic) bond motifs is 1. The molecule has 0 saturated carbocycles. The van der Waals surface area contributed by atoms with Crippen LogP contribution in [-0.4, -0.2) is 61.6 Å². The van der Waals surface area contributed by atoms with E-state index in [0.717, 1.165) is 5.75 Å². The van der Waals surface area contributed by atoms with Crippen molar-refractivity contribution in [3.05, 3.63) is 46.8 Å². The first-order valence-corrected chi connectivity index (χ1v) is 8.78. The number of ether oxygens (including phenoxy) is 3. The molecule has 0 unspecified atom stereocenters. The highest BCUT2D eigenvalue weighted by atomic mass is 16.6. The molecule has 27 heavy (non-hydrogen) atoms. The van der Waals surface area contributed by atoms with Crippen LogP contribution in [-0.2, 0) is 4.74 Å². The largest absolute Gasteiger partial charge is 0.486 e. The Hall–Kier alpha value is -2.80. The Kier molecular flexibility index (Phi) is 5.51. The van der Waals surface area contributed by atoms with Gasteiger partial charge in [-0.25, -0.2) is 4.79 Å². The third-order valence-electron chi connectivity index (χ3n) is 4.60. The molecule has 0 saturated heterocycles.